The number of aromatic nitrogens is 1. The third kappa shape index (κ3) is 2.51. The molecule has 0 amide bonds. The van der Waals surface area contributed by atoms with Crippen molar-refractivity contribution >= 4 is 28.6 Å². The van der Waals surface area contributed by atoms with Crippen LogP contribution in [-0.2, 0) is 4.74 Å². The van der Waals surface area contributed by atoms with Gasteiger partial charge in [0.15, 0.2) is 0 Å². The molecule has 0 bridgehead atoms. The lowest BCUT2D eigenvalue weighted by molar-refractivity contribution is 0.0542. The van der Waals surface area contributed by atoms with Gasteiger partial charge in [0.25, 0.3) is 0 Å². The first-order valence-corrected chi connectivity index (χ1v) is 6.17. The van der Waals surface area contributed by atoms with Crippen LogP contribution in [0.2, 0.25) is 5.02 Å². The highest BCUT2D eigenvalue weighted by atomic mass is 35.5. The van der Waals surface area contributed by atoms with Gasteiger partial charge in [-0.2, -0.15) is 0 Å². The number of rotatable bonds is 0. The molecular formula is C14H16ClNO2. The zero-order valence-electron chi connectivity index (χ0n) is 11.0. The van der Waals surface area contributed by atoms with E-state index in [1.54, 1.807) is 10.6 Å². The van der Waals surface area contributed by atoms with Crippen LogP contribution in [0.5, 0.6) is 0 Å². The van der Waals surface area contributed by atoms with E-state index in [0.29, 0.717) is 5.02 Å². The zero-order valence-corrected chi connectivity index (χ0v) is 11.7. The van der Waals surface area contributed by atoms with Gasteiger partial charge in [0, 0.05) is 16.1 Å². The number of hydrogen-bond acceptors (Lipinski definition) is 2. The molecule has 0 radical (unpaired) electrons. The molecule has 2 rings (SSSR count). The summed E-state index contributed by atoms with van der Waals surface area (Å²) in [6.45, 7) is 7.41. The SMILES string of the molecule is Cc1cc2ccc(Cl)cc2n1C(=O)OC(C)(C)C. The summed E-state index contributed by atoms with van der Waals surface area (Å²) in [6.07, 6.45) is -0.378. The highest BCUT2D eigenvalue weighted by molar-refractivity contribution is 6.31. The van der Waals surface area contributed by atoms with Crippen LogP contribution in [0.1, 0.15) is 26.5 Å². The van der Waals surface area contributed by atoms with Crippen molar-refractivity contribution in [2.75, 3.05) is 0 Å². The highest BCUT2D eigenvalue weighted by Gasteiger charge is 2.20. The van der Waals surface area contributed by atoms with Crippen LogP contribution in [0.4, 0.5) is 4.79 Å². The van der Waals surface area contributed by atoms with Crippen molar-refractivity contribution in [3.63, 3.8) is 0 Å². The van der Waals surface area contributed by atoms with Crippen LogP contribution < -0.4 is 0 Å². The summed E-state index contributed by atoms with van der Waals surface area (Å²) < 4.78 is 6.94. The molecule has 0 aliphatic heterocycles. The van der Waals surface area contributed by atoms with E-state index in [1.807, 2.05) is 45.9 Å². The number of hydrogen-bond donors (Lipinski definition) is 0. The number of fused-ring (bicyclic) bond motifs is 1. The molecule has 4 heteroatoms. The van der Waals surface area contributed by atoms with Gasteiger partial charge in [-0.25, -0.2) is 9.36 Å². The third-order valence-electron chi connectivity index (χ3n) is 2.53. The summed E-state index contributed by atoms with van der Waals surface area (Å²) in [7, 11) is 0. The molecule has 1 aromatic heterocycles. The van der Waals surface area contributed by atoms with E-state index in [2.05, 4.69) is 0 Å². The number of nitrogens with zero attached hydrogens (tertiary/aromatic N) is 1. The van der Waals surface area contributed by atoms with Crippen LogP contribution in [-0.4, -0.2) is 16.3 Å². The van der Waals surface area contributed by atoms with Crippen LogP contribution in [0, 0.1) is 6.92 Å². The second-order valence-corrected chi connectivity index (χ2v) is 5.74. The van der Waals surface area contributed by atoms with Crippen molar-refractivity contribution in [1.29, 1.82) is 0 Å². The monoisotopic (exact) mass is 265 g/mol. The molecule has 0 atom stereocenters. The summed E-state index contributed by atoms with van der Waals surface area (Å²) in [6, 6.07) is 7.41. The topological polar surface area (TPSA) is 31.2 Å². The van der Waals surface area contributed by atoms with Crippen molar-refractivity contribution in [3.8, 4) is 0 Å². The zero-order chi connectivity index (χ0) is 13.5. The van der Waals surface area contributed by atoms with E-state index in [-0.39, 0.29) is 6.09 Å². The maximum absolute atomic E-state index is 12.2. The largest absolute Gasteiger partial charge is 0.443 e. The quantitative estimate of drug-likeness (QED) is 0.707. The third-order valence-corrected chi connectivity index (χ3v) is 2.76. The summed E-state index contributed by atoms with van der Waals surface area (Å²) in [5, 5.41) is 1.58. The summed E-state index contributed by atoms with van der Waals surface area (Å²) in [4.78, 5) is 12.2. The Morgan fingerprint density at radius 2 is 1.94 bits per heavy atom. The molecule has 0 spiro atoms. The molecule has 3 nitrogen and oxygen atoms in total. The number of ether oxygens (including phenoxy) is 1. The first-order chi connectivity index (χ1) is 8.28. The fraction of sp³-hybridized carbons (Fsp3) is 0.357. The summed E-state index contributed by atoms with van der Waals surface area (Å²) in [5.41, 5.74) is 1.09. The van der Waals surface area contributed by atoms with Gasteiger partial charge in [-0.1, -0.05) is 17.7 Å². The van der Waals surface area contributed by atoms with Gasteiger partial charge in [0.05, 0.1) is 5.52 Å². The minimum atomic E-state index is -0.515. The molecule has 1 aromatic carbocycles. The van der Waals surface area contributed by atoms with Crippen LogP contribution in [0.25, 0.3) is 10.9 Å². The Kier molecular flexibility index (Phi) is 3.11. The number of benzene rings is 1. The van der Waals surface area contributed by atoms with Crippen LogP contribution >= 0.6 is 11.6 Å². The van der Waals surface area contributed by atoms with Gasteiger partial charge in [-0.15, -0.1) is 0 Å². The number of aryl methyl sites for hydroxylation is 1. The standard InChI is InChI=1S/C14H16ClNO2/c1-9-7-10-5-6-11(15)8-12(10)16(9)13(17)18-14(2,3)4/h5-8H,1-4H3. The van der Waals surface area contributed by atoms with Gasteiger partial charge in [-0.05, 0) is 45.9 Å². The molecule has 1 heterocycles. The molecule has 0 saturated carbocycles. The van der Waals surface area contributed by atoms with Crippen molar-refractivity contribution in [1.82, 2.24) is 4.57 Å². The number of carbonyl (C=O) groups is 1. The Balaban J connectivity index is 2.53. The molecule has 0 aliphatic carbocycles. The fourth-order valence-electron chi connectivity index (χ4n) is 1.86. The van der Waals surface area contributed by atoms with Crippen molar-refractivity contribution in [3.05, 3.63) is 35.0 Å². The normalized spacial score (nSPS) is 11.8. The summed E-state index contributed by atoms with van der Waals surface area (Å²) in [5.74, 6) is 0. The molecule has 0 N–H and O–H groups in total. The van der Waals surface area contributed by atoms with Crippen molar-refractivity contribution in [2.24, 2.45) is 0 Å². The Morgan fingerprint density at radius 3 is 2.56 bits per heavy atom. The molecule has 2 aromatic rings. The number of carbonyl (C=O) groups excluding carboxylic acids is 1. The Hall–Kier alpha value is -1.48. The lowest BCUT2D eigenvalue weighted by Crippen LogP contribution is -2.27. The maximum Gasteiger partial charge on any atom is 0.419 e. The van der Waals surface area contributed by atoms with E-state index in [4.69, 9.17) is 16.3 Å². The van der Waals surface area contributed by atoms with Gasteiger partial charge in [0.1, 0.15) is 5.60 Å². The van der Waals surface area contributed by atoms with Gasteiger partial charge >= 0.3 is 6.09 Å². The second kappa shape index (κ2) is 4.32. The molecule has 96 valence electrons. The van der Waals surface area contributed by atoms with Crippen LogP contribution in [0.15, 0.2) is 24.3 Å². The molecular weight excluding hydrogens is 250 g/mol. The van der Waals surface area contributed by atoms with E-state index in [9.17, 15) is 4.79 Å². The smallest absolute Gasteiger partial charge is 0.419 e. The predicted molar refractivity (Wildman–Crippen MR) is 73.3 cm³/mol. The predicted octanol–water partition coefficient (Wildman–Crippen LogP) is 4.39. The summed E-state index contributed by atoms with van der Waals surface area (Å²) >= 11 is 5.97. The van der Waals surface area contributed by atoms with E-state index < -0.39 is 5.60 Å². The van der Waals surface area contributed by atoms with Gasteiger partial charge < -0.3 is 4.74 Å². The minimum Gasteiger partial charge on any atom is -0.443 e. The van der Waals surface area contributed by atoms with Crippen molar-refractivity contribution < 1.29 is 9.53 Å². The van der Waals surface area contributed by atoms with E-state index in [1.165, 1.54) is 0 Å². The Bertz CT molecular complexity index is 608. The minimum absolute atomic E-state index is 0.378. The van der Waals surface area contributed by atoms with E-state index >= 15 is 0 Å². The van der Waals surface area contributed by atoms with Crippen molar-refractivity contribution in [2.45, 2.75) is 33.3 Å². The molecule has 0 saturated heterocycles. The average molecular weight is 266 g/mol. The maximum atomic E-state index is 12.2. The first kappa shape index (κ1) is 13.0. The van der Waals surface area contributed by atoms with Gasteiger partial charge in [-0.3, -0.25) is 0 Å². The Labute approximate surface area is 111 Å². The van der Waals surface area contributed by atoms with E-state index in [0.717, 1.165) is 16.6 Å². The molecule has 18 heavy (non-hydrogen) atoms. The average Bonchev–Trinajstić information content (AvgIpc) is 2.50. The second-order valence-electron chi connectivity index (χ2n) is 5.30. The molecule has 0 unspecified atom stereocenters. The fourth-order valence-corrected chi connectivity index (χ4v) is 2.03. The first-order valence-electron chi connectivity index (χ1n) is 5.79. The lowest BCUT2D eigenvalue weighted by atomic mass is 10.2. The highest BCUT2D eigenvalue weighted by Crippen LogP contribution is 2.24. The number of halogens is 1. The van der Waals surface area contributed by atoms with Gasteiger partial charge in [0.2, 0.25) is 0 Å². The lowest BCUT2D eigenvalue weighted by Gasteiger charge is -2.20. The molecule has 0 aliphatic rings. The molecule has 0 fully saturated rings. The van der Waals surface area contributed by atoms with Crippen LogP contribution in [0.3, 0.4) is 0 Å². The Morgan fingerprint density at radius 1 is 1.28 bits per heavy atom.